The zero-order valence-electron chi connectivity index (χ0n) is 21.4. The highest BCUT2D eigenvalue weighted by molar-refractivity contribution is 6.36. The molecule has 38 heavy (non-hydrogen) atoms. The van der Waals surface area contributed by atoms with Crippen LogP contribution >= 0.6 is 23.2 Å². The van der Waals surface area contributed by atoms with Gasteiger partial charge in [0.15, 0.2) is 6.61 Å². The molecule has 4 aromatic rings. The van der Waals surface area contributed by atoms with E-state index in [4.69, 9.17) is 27.9 Å². The van der Waals surface area contributed by atoms with Gasteiger partial charge in [-0.3, -0.25) is 9.59 Å². The second-order valence-electron chi connectivity index (χ2n) is 9.36. The predicted octanol–water partition coefficient (Wildman–Crippen LogP) is 6.69. The number of rotatable bonds is 10. The standard InChI is InChI=1S/C31H30Cl2N2O3/c1-21(2)34-31(37)28(18-22-10-4-3-5-11-22)35(19-25-26(32)15-9-16-27(25)33)30(36)20-38-29-17-8-13-23-12-6-7-14-24(23)29/h3-17,21,28H,18-20H2,1-2H3,(H,34,37). The van der Waals surface area contributed by atoms with Crippen LogP contribution in [-0.2, 0) is 22.6 Å². The molecule has 196 valence electrons. The Bertz CT molecular complexity index is 1380. The number of hydrogen-bond donors (Lipinski definition) is 1. The lowest BCUT2D eigenvalue weighted by Gasteiger charge is -2.32. The summed E-state index contributed by atoms with van der Waals surface area (Å²) in [5, 5.41) is 5.73. The van der Waals surface area contributed by atoms with Gasteiger partial charge in [0.1, 0.15) is 11.8 Å². The number of carbonyl (C=O) groups excluding carboxylic acids is 2. The fourth-order valence-electron chi connectivity index (χ4n) is 4.33. The summed E-state index contributed by atoms with van der Waals surface area (Å²) >= 11 is 13.0. The molecule has 0 saturated heterocycles. The minimum Gasteiger partial charge on any atom is -0.483 e. The summed E-state index contributed by atoms with van der Waals surface area (Å²) in [6.07, 6.45) is 0.321. The average molecular weight is 549 g/mol. The van der Waals surface area contributed by atoms with Crippen molar-refractivity contribution < 1.29 is 14.3 Å². The molecule has 0 fully saturated rings. The number of ether oxygens (including phenoxy) is 1. The van der Waals surface area contributed by atoms with E-state index in [1.165, 1.54) is 4.90 Å². The summed E-state index contributed by atoms with van der Waals surface area (Å²) in [5.74, 6) is -0.0160. The SMILES string of the molecule is CC(C)NC(=O)C(Cc1ccccc1)N(Cc1c(Cl)cccc1Cl)C(=O)COc1cccc2ccccc12. The van der Waals surface area contributed by atoms with Gasteiger partial charge < -0.3 is 15.0 Å². The van der Waals surface area contributed by atoms with E-state index in [-0.39, 0.29) is 31.0 Å². The van der Waals surface area contributed by atoms with Crippen molar-refractivity contribution in [1.82, 2.24) is 10.2 Å². The van der Waals surface area contributed by atoms with Crippen LogP contribution in [0.1, 0.15) is 25.0 Å². The molecule has 0 aromatic heterocycles. The Morgan fingerprint density at radius 3 is 2.18 bits per heavy atom. The lowest BCUT2D eigenvalue weighted by molar-refractivity contribution is -0.143. The van der Waals surface area contributed by atoms with Crippen LogP contribution in [0.25, 0.3) is 10.8 Å². The van der Waals surface area contributed by atoms with E-state index in [0.717, 1.165) is 16.3 Å². The maximum atomic E-state index is 13.8. The molecule has 4 rings (SSSR count). The molecule has 0 aliphatic rings. The molecule has 7 heteroatoms. The molecule has 0 radical (unpaired) electrons. The molecule has 2 amide bonds. The molecule has 0 bridgehead atoms. The van der Waals surface area contributed by atoms with Gasteiger partial charge in [0, 0.05) is 40.0 Å². The monoisotopic (exact) mass is 548 g/mol. The minimum absolute atomic E-state index is 0.0548. The minimum atomic E-state index is -0.809. The summed E-state index contributed by atoms with van der Waals surface area (Å²) in [4.78, 5) is 28.9. The Kier molecular flexibility index (Phi) is 9.27. The third kappa shape index (κ3) is 6.85. The lowest BCUT2D eigenvalue weighted by atomic mass is 10.0. The van der Waals surface area contributed by atoms with Crippen molar-refractivity contribution in [3.63, 3.8) is 0 Å². The number of fused-ring (bicyclic) bond motifs is 1. The first-order valence-corrected chi connectivity index (χ1v) is 13.3. The number of hydrogen-bond acceptors (Lipinski definition) is 3. The molecule has 0 aliphatic carbocycles. The molecule has 4 aromatic carbocycles. The largest absolute Gasteiger partial charge is 0.483 e. The van der Waals surface area contributed by atoms with E-state index in [0.29, 0.717) is 27.8 Å². The third-order valence-electron chi connectivity index (χ3n) is 6.19. The Balaban J connectivity index is 1.68. The lowest BCUT2D eigenvalue weighted by Crippen LogP contribution is -2.52. The van der Waals surface area contributed by atoms with Crippen LogP contribution in [0.5, 0.6) is 5.75 Å². The van der Waals surface area contributed by atoms with E-state index < -0.39 is 6.04 Å². The molecular weight excluding hydrogens is 519 g/mol. The second-order valence-corrected chi connectivity index (χ2v) is 10.2. The number of carbonyl (C=O) groups is 2. The second kappa shape index (κ2) is 12.8. The Hall–Kier alpha value is -3.54. The molecule has 0 spiro atoms. The fourth-order valence-corrected chi connectivity index (χ4v) is 4.85. The highest BCUT2D eigenvalue weighted by Crippen LogP contribution is 2.28. The molecule has 0 aliphatic heterocycles. The van der Waals surface area contributed by atoms with E-state index in [2.05, 4.69) is 5.32 Å². The van der Waals surface area contributed by atoms with E-state index >= 15 is 0 Å². The van der Waals surface area contributed by atoms with Gasteiger partial charge in [-0.2, -0.15) is 0 Å². The number of amides is 2. The number of benzene rings is 4. The van der Waals surface area contributed by atoms with Crippen molar-refractivity contribution in [2.24, 2.45) is 0 Å². The Morgan fingerprint density at radius 2 is 1.47 bits per heavy atom. The predicted molar refractivity (Wildman–Crippen MR) is 154 cm³/mol. The number of nitrogens with zero attached hydrogens (tertiary/aromatic N) is 1. The van der Waals surface area contributed by atoms with Gasteiger partial charge in [0.05, 0.1) is 0 Å². The maximum absolute atomic E-state index is 13.8. The van der Waals surface area contributed by atoms with Gasteiger partial charge >= 0.3 is 0 Å². The summed E-state index contributed by atoms with van der Waals surface area (Å²) in [6, 6.07) is 27.4. The molecular formula is C31H30Cl2N2O3. The van der Waals surface area contributed by atoms with Gasteiger partial charge in [-0.25, -0.2) is 0 Å². The molecule has 0 saturated carbocycles. The highest BCUT2D eigenvalue weighted by atomic mass is 35.5. The molecule has 1 atom stereocenters. The highest BCUT2D eigenvalue weighted by Gasteiger charge is 2.32. The van der Waals surface area contributed by atoms with Gasteiger partial charge in [0.2, 0.25) is 5.91 Å². The van der Waals surface area contributed by atoms with E-state index in [9.17, 15) is 9.59 Å². The molecule has 5 nitrogen and oxygen atoms in total. The maximum Gasteiger partial charge on any atom is 0.261 e. The Morgan fingerprint density at radius 1 is 0.842 bits per heavy atom. The molecule has 0 heterocycles. The quantitative estimate of drug-likeness (QED) is 0.240. The third-order valence-corrected chi connectivity index (χ3v) is 6.90. The topological polar surface area (TPSA) is 58.6 Å². The summed E-state index contributed by atoms with van der Waals surface area (Å²) in [6.45, 7) is 3.58. The summed E-state index contributed by atoms with van der Waals surface area (Å²) in [7, 11) is 0. The van der Waals surface area contributed by atoms with Crippen LogP contribution in [0.4, 0.5) is 0 Å². The van der Waals surface area contributed by atoms with Crippen molar-refractivity contribution in [2.75, 3.05) is 6.61 Å². The van der Waals surface area contributed by atoms with E-state index in [1.54, 1.807) is 18.2 Å². The van der Waals surface area contributed by atoms with Gasteiger partial charge in [-0.05, 0) is 43.0 Å². The number of nitrogens with one attached hydrogen (secondary N) is 1. The first kappa shape index (κ1) is 27.5. The fraction of sp³-hybridized carbons (Fsp3) is 0.226. The van der Waals surface area contributed by atoms with Crippen molar-refractivity contribution >= 4 is 45.8 Å². The van der Waals surface area contributed by atoms with Crippen LogP contribution in [0.15, 0.2) is 91.0 Å². The summed E-state index contributed by atoms with van der Waals surface area (Å²) < 4.78 is 6.03. The van der Waals surface area contributed by atoms with Crippen LogP contribution in [0, 0.1) is 0 Å². The number of halogens is 2. The average Bonchev–Trinajstić information content (AvgIpc) is 2.91. The first-order chi connectivity index (χ1) is 18.3. The van der Waals surface area contributed by atoms with Gasteiger partial charge in [-0.1, -0.05) is 96.0 Å². The molecule has 1 N–H and O–H groups in total. The zero-order chi connectivity index (χ0) is 27.1. The zero-order valence-corrected chi connectivity index (χ0v) is 22.9. The van der Waals surface area contributed by atoms with Crippen molar-refractivity contribution in [3.05, 3.63) is 112 Å². The van der Waals surface area contributed by atoms with Crippen LogP contribution in [0.3, 0.4) is 0 Å². The van der Waals surface area contributed by atoms with Crippen molar-refractivity contribution in [1.29, 1.82) is 0 Å². The van der Waals surface area contributed by atoms with Crippen molar-refractivity contribution in [2.45, 2.75) is 38.9 Å². The Labute approximate surface area is 233 Å². The van der Waals surface area contributed by atoms with Crippen LogP contribution in [0.2, 0.25) is 10.0 Å². The first-order valence-electron chi connectivity index (χ1n) is 12.5. The smallest absolute Gasteiger partial charge is 0.261 e. The van der Waals surface area contributed by atoms with E-state index in [1.807, 2.05) is 86.6 Å². The van der Waals surface area contributed by atoms with Gasteiger partial charge in [0.25, 0.3) is 5.91 Å². The normalized spacial score (nSPS) is 11.8. The van der Waals surface area contributed by atoms with Crippen LogP contribution in [-0.4, -0.2) is 35.4 Å². The summed E-state index contributed by atoms with van der Waals surface area (Å²) in [5.41, 5.74) is 1.50. The van der Waals surface area contributed by atoms with Crippen LogP contribution < -0.4 is 10.1 Å². The van der Waals surface area contributed by atoms with Crippen molar-refractivity contribution in [3.8, 4) is 5.75 Å². The molecule has 1 unspecified atom stereocenters. The van der Waals surface area contributed by atoms with Gasteiger partial charge in [-0.15, -0.1) is 0 Å².